The number of nitrogens with one attached hydrogen (secondary N) is 2. The highest BCUT2D eigenvalue weighted by atomic mass is 16.2. The first-order valence-corrected chi connectivity index (χ1v) is 12.9. The largest absolute Gasteiger partial charge is 0.384 e. The Morgan fingerprint density at radius 2 is 1.63 bits per heavy atom. The number of nitrogen functional groups attached to an aromatic ring is 1. The predicted octanol–water partition coefficient (Wildman–Crippen LogP) is 3.68. The summed E-state index contributed by atoms with van der Waals surface area (Å²) in [5.74, 6) is 0.948. The Labute approximate surface area is 222 Å². The molecular weight excluding hydrogens is 476 g/mol. The Morgan fingerprint density at radius 3 is 2.32 bits per heavy atom. The van der Waals surface area contributed by atoms with Gasteiger partial charge < -0.3 is 20.5 Å². The van der Waals surface area contributed by atoms with E-state index >= 15 is 0 Å². The summed E-state index contributed by atoms with van der Waals surface area (Å²) in [5.41, 5.74) is 10.5. The number of hydrogen-bond acceptors (Lipinski definition) is 4. The first-order valence-electron chi connectivity index (χ1n) is 12.9. The van der Waals surface area contributed by atoms with Gasteiger partial charge in [0.2, 0.25) is 0 Å². The number of imidazole rings is 1. The maximum Gasteiger partial charge on any atom is 0.253 e. The van der Waals surface area contributed by atoms with Crippen molar-refractivity contribution in [2.45, 2.75) is 31.7 Å². The number of aryl methyl sites for hydroxylation is 3. The van der Waals surface area contributed by atoms with Crippen LogP contribution in [-0.4, -0.2) is 51.2 Å². The van der Waals surface area contributed by atoms with Crippen LogP contribution in [0.3, 0.4) is 0 Å². The van der Waals surface area contributed by atoms with E-state index in [1.165, 1.54) is 0 Å². The Balaban J connectivity index is 1.20. The van der Waals surface area contributed by atoms with Gasteiger partial charge in [-0.05, 0) is 55.2 Å². The molecule has 2 amide bonds. The van der Waals surface area contributed by atoms with Crippen molar-refractivity contribution in [1.82, 2.24) is 19.8 Å². The Morgan fingerprint density at radius 1 is 0.947 bits per heavy atom. The third-order valence-electron chi connectivity index (χ3n) is 7.28. The highest BCUT2D eigenvalue weighted by Gasteiger charge is 2.25. The molecule has 1 saturated heterocycles. The summed E-state index contributed by atoms with van der Waals surface area (Å²) in [6, 6.07) is 22.7. The summed E-state index contributed by atoms with van der Waals surface area (Å²) in [6.45, 7) is 1.21. The van der Waals surface area contributed by atoms with Crippen molar-refractivity contribution in [3.05, 3.63) is 101 Å². The van der Waals surface area contributed by atoms with Crippen molar-refractivity contribution in [2.75, 3.05) is 13.1 Å². The third-order valence-corrected chi connectivity index (χ3v) is 7.28. The lowest BCUT2D eigenvalue weighted by Crippen LogP contribution is -2.46. The minimum Gasteiger partial charge on any atom is -0.384 e. The number of benzene rings is 3. The molecule has 3 aromatic carbocycles. The number of likely N-dealkylation sites (tertiary alicyclic amines) is 1. The van der Waals surface area contributed by atoms with Crippen molar-refractivity contribution < 1.29 is 9.59 Å². The third kappa shape index (κ3) is 5.44. The standard InChI is InChI=1S/C30H32N6O2/c1-35-26-13-12-23(19-25(26)34-27(35)14-9-20-7-10-21(11-8-20)28(31)32)30(38)36-17-15-24(16-18-36)33-29(37)22-5-3-2-4-6-22/h2-8,10-13,19,24H,9,14-18H2,1H3,(H3,31,32)(H,33,37). The molecule has 1 fully saturated rings. The van der Waals surface area contributed by atoms with Crippen LogP contribution in [-0.2, 0) is 19.9 Å². The van der Waals surface area contributed by atoms with Crippen molar-refractivity contribution >= 4 is 28.7 Å². The van der Waals surface area contributed by atoms with Gasteiger partial charge in [0.1, 0.15) is 11.7 Å². The van der Waals surface area contributed by atoms with Gasteiger partial charge in [0.15, 0.2) is 0 Å². The molecule has 0 unspecified atom stereocenters. The fraction of sp³-hybridized carbons (Fsp3) is 0.267. The summed E-state index contributed by atoms with van der Waals surface area (Å²) in [7, 11) is 2.00. The number of amides is 2. The van der Waals surface area contributed by atoms with Crippen LogP contribution < -0.4 is 11.1 Å². The van der Waals surface area contributed by atoms with Crippen LogP contribution in [0.2, 0.25) is 0 Å². The van der Waals surface area contributed by atoms with E-state index in [0.717, 1.165) is 53.7 Å². The van der Waals surface area contributed by atoms with Crippen molar-refractivity contribution in [3.63, 3.8) is 0 Å². The second-order valence-electron chi connectivity index (χ2n) is 9.81. The molecular formula is C30H32N6O2. The van der Waals surface area contributed by atoms with Crippen LogP contribution in [0.1, 0.15) is 50.5 Å². The van der Waals surface area contributed by atoms with E-state index in [0.29, 0.717) is 24.2 Å². The zero-order valence-electron chi connectivity index (χ0n) is 21.5. The van der Waals surface area contributed by atoms with E-state index in [4.69, 9.17) is 16.1 Å². The van der Waals surface area contributed by atoms with Gasteiger partial charge in [0, 0.05) is 49.3 Å². The second-order valence-corrected chi connectivity index (χ2v) is 9.81. The van der Waals surface area contributed by atoms with Crippen LogP contribution in [0, 0.1) is 5.41 Å². The molecule has 4 aromatic rings. The summed E-state index contributed by atoms with van der Waals surface area (Å²) >= 11 is 0. The average molecular weight is 509 g/mol. The van der Waals surface area contributed by atoms with Crippen LogP contribution in [0.5, 0.6) is 0 Å². The highest BCUT2D eigenvalue weighted by Crippen LogP contribution is 2.21. The minimum absolute atomic E-state index is 0.00231. The monoisotopic (exact) mass is 508 g/mol. The van der Waals surface area contributed by atoms with Gasteiger partial charge in [-0.1, -0.05) is 42.5 Å². The highest BCUT2D eigenvalue weighted by molar-refractivity contribution is 5.98. The average Bonchev–Trinajstić information content (AvgIpc) is 3.27. The first kappa shape index (κ1) is 25.2. The molecule has 0 aliphatic carbocycles. The number of rotatable bonds is 7. The van der Waals surface area contributed by atoms with E-state index in [9.17, 15) is 9.59 Å². The molecule has 1 aromatic heterocycles. The number of nitrogens with two attached hydrogens (primary N) is 1. The zero-order valence-corrected chi connectivity index (χ0v) is 21.5. The fourth-order valence-corrected chi connectivity index (χ4v) is 4.98. The topological polar surface area (TPSA) is 117 Å². The lowest BCUT2D eigenvalue weighted by atomic mass is 10.0. The van der Waals surface area contributed by atoms with E-state index in [1.54, 1.807) is 12.1 Å². The Hall–Kier alpha value is -4.46. The molecule has 0 saturated carbocycles. The molecule has 0 radical (unpaired) electrons. The number of carbonyl (C=O) groups is 2. The minimum atomic E-state index is -0.0696. The van der Waals surface area contributed by atoms with Crippen LogP contribution in [0.4, 0.5) is 0 Å². The number of fused-ring (bicyclic) bond motifs is 1. The molecule has 2 heterocycles. The van der Waals surface area contributed by atoms with Gasteiger partial charge in [-0.2, -0.15) is 0 Å². The van der Waals surface area contributed by atoms with Gasteiger partial charge in [-0.25, -0.2) is 4.98 Å². The number of amidine groups is 1. The lowest BCUT2D eigenvalue weighted by Gasteiger charge is -2.32. The van der Waals surface area contributed by atoms with Gasteiger partial charge >= 0.3 is 0 Å². The molecule has 1 aliphatic heterocycles. The molecule has 8 heteroatoms. The van der Waals surface area contributed by atoms with Crippen LogP contribution >= 0.6 is 0 Å². The smallest absolute Gasteiger partial charge is 0.253 e. The molecule has 0 spiro atoms. The van der Waals surface area contributed by atoms with Crippen LogP contribution in [0.25, 0.3) is 11.0 Å². The van der Waals surface area contributed by atoms with Gasteiger partial charge in [0.05, 0.1) is 11.0 Å². The zero-order chi connectivity index (χ0) is 26.6. The van der Waals surface area contributed by atoms with Gasteiger partial charge in [-0.15, -0.1) is 0 Å². The van der Waals surface area contributed by atoms with Crippen molar-refractivity contribution in [1.29, 1.82) is 5.41 Å². The van der Waals surface area contributed by atoms with E-state index in [2.05, 4.69) is 9.88 Å². The molecule has 1 aliphatic rings. The molecule has 5 rings (SSSR count). The predicted molar refractivity (Wildman–Crippen MR) is 148 cm³/mol. The van der Waals surface area contributed by atoms with Crippen molar-refractivity contribution in [2.24, 2.45) is 12.8 Å². The quantitative estimate of drug-likeness (QED) is 0.261. The normalized spacial score (nSPS) is 14.0. The Kier molecular flexibility index (Phi) is 7.22. The van der Waals surface area contributed by atoms with E-state index < -0.39 is 0 Å². The molecule has 0 bridgehead atoms. The summed E-state index contributed by atoms with van der Waals surface area (Å²) in [6.07, 6.45) is 3.04. The molecule has 194 valence electrons. The van der Waals surface area contributed by atoms with Gasteiger partial charge in [0.25, 0.3) is 11.8 Å². The first-order chi connectivity index (χ1) is 18.4. The molecule has 0 atom stereocenters. The fourth-order valence-electron chi connectivity index (χ4n) is 4.98. The Bertz CT molecular complexity index is 1470. The van der Waals surface area contributed by atoms with Gasteiger partial charge in [-0.3, -0.25) is 15.0 Å². The summed E-state index contributed by atoms with van der Waals surface area (Å²) < 4.78 is 2.08. The number of nitrogens with zero attached hydrogens (tertiary/aromatic N) is 3. The lowest BCUT2D eigenvalue weighted by molar-refractivity contribution is 0.0698. The molecule has 4 N–H and O–H groups in total. The van der Waals surface area contributed by atoms with E-state index in [1.807, 2.05) is 72.6 Å². The number of piperidine rings is 1. The van der Waals surface area contributed by atoms with E-state index in [-0.39, 0.29) is 23.7 Å². The van der Waals surface area contributed by atoms with Crippen LogP contribution in [0.15, 0.2) is 72.8 Å². The molecule has 8 nitrogen and oxygen atoms in total. The number of aromatic nitrogens is 2. The second kappa shape index (κ2) is 10.9. The summed E-state index contributed by atoms with van der Waals surface area (Å²) in [5, 5.41) is 10.6. The SMILES string of the molecule is Cn1c(CCc2ccc(C(=N)N)cc2)nc2cc(C(=O)N3CCC(NC(=O)c4ccccc4)CC3)ccc21. The summed E-state index contributed by atoms with van der Waals surface area (Å²) in [4.78, 5) is 32.4. The molecule has 38 heavy (non-hydrogen) atoms. The van der Waals surface area contributed by atoms with Crippen molar-refractivity contribution in [3.8, 4) is 0 Å². The maximum atomic E-state index is 13.3. The maximum absolute atomic E-state index is 13.3. The number of carbonyl (C=O) groups excluding carboxylic acids is 2. The number of hydrogen-bond donors (Lipinski definition) is 3.